The van der Waals surface area contributed by atoms with Crippen molar-refractivity contribution in [1.82, 2.24) is 25.2 Å². The lowest BCUT2D eigenvalue weighted by Gasteiger charge is -2.34. The van der Waals surface area contributed by atoms with Gasteiger partial charge in [-0.25, -0.2) is 13.8 Å². The smallest absolute Gasteiger partial charge is 0.319 e. The number of fused-ring (bicyclic) bond motifs is 5. The molecule has 4 N–H and O–H groups in total. The molecule has 0 saturated carbocycles. The summed E-state index contributed by atoms with van der Waals surface area (Å²) in [5.41, 5.74) is 7.94. The lowest BCUT2D eigenvalue weighted by molar-refractivity contribution is 0.107. The largest absolute Gasteiger partial charge is 0.461 e. The van der Waals surface area contributed by atoms with Gasteiger partial charge in [0.15, 0.2) is 17.5 Å². The number of nitrogens with one attached hydrogen (secondary N) is 2. The van der Waals surface area contributed by atoms with Crippen LogP contribution < -0.4 is 26.0 Å². The Hall–Kier alpha value is -3.48. The van der Waals surface area contributed by atoms with Crippen molar-refractivity contribution in [1.29, 1.82) is 0 Å². The van der Waals surface area contributed by atoms with Gasteiger partial charge in [-0.05, 0) is 45.2 Å². The predicted octanol–water partition coefficient (Wildman–Crippen LogP) is 5.06. The van der Waals surface area contributed by atoms with Crippen LogP contribution in [0.3, 0.4) is 0 Å². The Balaban J connectivity index is 1.30. The second-order valence-electron chi connectivity index (χ2n) is 12.8. The number of benzene rings is 1. The molecule has 0 spiro atoms. The number of hydrogen-bond acceptors (Lipinski definition) is 10. The van der Waals surface area contributed by atoms with E-state index >= 15 is 4.39 Å². The zero-order valence-corrected chi connectivity index (χ0v) is 25.5. The van der Waals surface area contributed by atoms with E-state index in [1.807, 2.05) is 6.92 Å². The number of piperazine rings is 1. The SMILES string of the molecule is CNc1nc2c(N3CC4CCC(C3)N4)nc(OC[C@@]34CCCN3C[C@H](F)C4)nc2c(F)c1-c1cc(Cl)cc2oc(N)c(C)c12. The van der Waals surface area contributed by atoms with E-state index in [9.17, 15) is 4.39 Å². The number of anilines is 3. The number of ether oxygens (including phenoxy) is 1. The second-order valence-corrected chi connectivity index (χ2v) is 13.2. The van der Waals surface area contributed by atoms with Crippen LogP contribution in [-0.2, 0) is 0 Å². The van der Waals surface area contributed by atoms with Crippen molar-refractivity contribution in [2.45, 2.75) is 62.8 Å². The summed E-state index contributed by atoms with van der Waals surface area (Å²) < 4.78 is 43.6. The van der Waals surface area contributed by atoms with Crippen LogP contribution in [-0.4, -0.2) is 83.5 Å². The number of aromatic nitrogens is 3. The van der Waals surface area contributed by atoms with E-state index in [2.05, 4.69) is 25.4 Å². The van der Waals surface area contributed by atoms with E-state index in [0.717, 1.165) is 32.2 Å². The van der Waals surface area contributed by atoms with Gasteiger partial charge in [-0.2, -0.15) is 9.97 Å². The first-order valence-electron chi connectivity index (χ1n) is 15.3. The predicted molar refractivity (Wildman–Crippen MR) is 167 cm³/mol. The summed E-state index contributed by atoms with van der Waals surface area (Å²) in [7, 11) is 1.70. The van der Waals surface area contributed by atoms with Crippen LogP contribution in [0.15, 0.2) is 16.5 Å². The maximum Gasteiger partial charge on any atom is 0.319 e. The fourth-order valence-corrected chi connectivity index (χ4v) is 8.17. The highest BCUT2D eigenvalue weighted by Crippen LogP contribution is 2.44. The van der Waals surface area contributed by atoms with Gasteiger partial charge in [0.25, 0.3) is 0 Å². The summed E-state index contributed by atoms with van der Waals surface area (Å²) in [6.07, 6.45) is 3.51. The van der Waals surface area contributed by atoms with Crippen LogP contribution in [0.25, 0.3) is 33.1 Å². The van der Waals surface area contributed by atoms with E-state index in [-0.39, 0.29) is 29.6 Å². The first-order valence-corrected chi connectivity index (χ1v) is 15.7. The van der Waals surface area contributed by atoms with Crippen LogP contribution in [0.4, 0.5) is 26.3 Å². The molecule has 0 aliphatic carbocycles. The number of hydrogen-bond donors (Lipinski definition) is 3. The minimum absolute atomic E-state index is 0.0442. The normalized spacial score (nSPS) is 26.7. The number of nitrogen functional groups attached to an aromatic ring is 1. The molecule has 4 saturated heterocycles. The van der Waals surface area contributed by atoms with Gasteiger partial charge in [-0.3, -0.25) is 4.90 Å². The zero-order chi connectivity index (χ0) is 30.3. The third-order valence-corrected chi connectivity index (χ3v) is 10.2. The summed E-state index contributed by atoms with van der Waals surface area (Å²) in [6, 6.07) is 4.04. The van der Waals surface area contributed by atoms with Crippen molar-refractivity contribution in [2.24, 2.45) is 0 Å². The Bertz CT molecular complexity index is 1790. The van der Waals surface area contributed by atoms with Crippen LogP contribution in [0.1, 0.15) is 37.7 Å². The summed E-state index contributed by atoms with van der Waals surface area (Å²) in [5.74, 6) is 0.495. The molecule has 2 unspecified atom stereocenters. The number of nitrogens with zero attached hydrogens (tertiary/aromatic N) is 5. The van der Waals surface area contributed by atoms with Gasteiger partial charge in [-0.1, -0.05) is 11.6 Å². The molecule has 1 aromatic carbocycles. The molecule has 3 aromatic heterocycles. The minimum atomic E-state index is -0.887. The Morgan fingerprint density at radius 1 is 1.18 bits per heavy atom. The van der Waals surface area contributed by atoms with Gasteiger partial charge >= 0.3 is 6.01 Å². The molecule has 10 nitrogen and oxygen atoms in total. The Labute approximate surface area is 258 Å². The number of rotatable bonds is 6. The van der Waals surface area contributed by atoms with E-state index in [1.165, 1.54) is 0 Å². The molecule has 4 aliphatic heterocycles. The lowest BCUT2D eigenvalue weighted by Crippen LogP contribution is -2.51. The average molecular weight is 625 g/mol. The number of furan rings is 1. The Morgan fingerprint density at radius 2 is 1.98 bits per heavy atom. The fourth-order valence-electron chi connectivity index (χ4n) is 7.96. The highest BCUT2D eigenvalue weighted by Gasteiger charge is 2.49. The molecular formula is C31H35ClF2N8O2. The van der Waals surface area contributed by atoms with Gasteiger partial charge in [0.1, 0.15) is 35.2 Å². The molecule has 4 atom stereocenters. The summed E-state index contributed by atoms with van der Waals surface area (Å²) in [4.78, 5) is 18.8. The average Bonchev–Trinajstić information content (AvgIpc) is 3.71. The maximum atomic E-state index is 17.1. The molecule has 4 aliphatic rings. The van der Waals surface area contributed by atoms with Crippen LogP contribution in [0, 0.1) is 12.7 Å². The fraction of sp³-hybridized carbons (Fsp3) is 0.516. The van der Waals surface area contributed by atoms with E-state index in [4.69, 9.17) is 36.5 Å². The summed E-state index contributed by atoms with van der Waals surface area (Å²) in [5, 5.41) is 7.75. The molecule has 13 heteroatoms. The number of halogens is 3. The van der Waals surface area contributed by atoms with Crippen molar-refractivity contribution in [3.63, 3.8) is 0 Å². The first-order chi connectivity index (χ1) is 21.2. The van der Waals surface area contributed by atoms with Gasteiger partial charge in [-0.15, -0.1) is 0 Å². The van der Waals surface area contributed by atoms with Crippen molar-refractivity contribution < 1.29 is 17.9 Å². The molecular weight excluding hydrogens is 590 g/mol. The summed E-state index contributed by atoms with van der Waals surface area (Å²) >= 11 is 6.49. The maximum absolute atomic E-state index is 17.1. The van der Waals surface area contributed by atoms with Crippen molar-refractivity contribution in [3.05, 3.63) is 28.5 Å². The first kappa shape index (κ1) is 28.0. The second kappa shape index (κ2) is 10.3. The number of aryl methyl sites for hydroxylation is 1. The number of alkyl halides is 1. The molecule has 7 heterocycles. The standard InChI is InChI=1S/C31H35ClF2N8O2/c1-15-22-20(8-16(32)9-21(22)44-27(15)35)23-24(34)25-26(38-28(23)36-2)29(41-12-18-4-5-19(13-41)37-18)40-30(39-25)43-14-31-6-3-7-42(31)11-17(33)10-31/h8-9,17-19,37H,3-7,10-14,35H2,1-2H3,(H,36,38)/t17-,18?,19?,31+/m1/s1. The molecule has 0 amide bonds. The van der Waals surface area contributed by atoms with Crippen LogP contribution in [0.5, 0.6) is 6.01 Å². The molecule has 0 radical (unpaired) electrons. The summed E-state index contributed by atoms with van der Waals surface area (Å²) in [6.45, 7) is 4.75. The quantitative estimate of drug-likeness (QED) is 0.269. The molecule has 44 heavy (non-hydrogen) atoms. The van der Waals surface area contributed by atoms with E-state index in [1.54, 1.807) is 19.2 Å². The number of nitrogens with two attached hydrogens (primary N) is 1. The molecule has 4 fully saturated rings. The lowest BCUT2D eigenvalue weighted by atomic mass is 9.95. The Kier molecular flexibility index (Phi) is 6.55. The molecule has 4 aromatic rings. The van der Waals surface area contributed by atoms with Crippen LogP contribution in [0.2, 0.25) is 5.02 Å². The molecule has 232 valence electrons. The highest BCUT2D eigenvalue weighted by atomic mass is 35.5. The Morgan fingerprint density at radius 3 is 2.75 bits per heavy atom. The zero-order valence-electron chi connectivity index (χ0n) is 24.7. The van der Waals surface area contributed by atoms with Gasteiger partial charge in [0, 0.05) is 72.8 Å². The van der Waals surface area contributed by atoms with Crippen LogP contribution >= 0.6 is 11.6 Å². The van der Waals surface area contributed by atoms with Crippen molar-refractivity contribution >= 4 is 51.1 Å². The van der Waals surface area contributed by atoms with Gasteiger partial charge in [0.2, 0.25) is 0 Å². The number of pyridine rings is 1. The third kappa shape index (κ3) is 4.36. The van der Waals surface area contributed by atoms with Gasteiger partial charge in [0.05, 0.1) is 11.1 Å². The topological polar surface area (TPSA) is 118 Å². The molecule has 2 bridgehead atoms. The minimum Gasteiger partial charge on any atom is -0.461 e. The van der Waals surface area contributed by atoms with E-state index < -0.39 is 17.5 Å². The highest BCUT2D eigenvalue weighted by molar-refractivity contribution is 6.32. The monoisotopic (exact) mass is 624 g/mol. The van der Waals surface area contributed by atoms with Crippen molar-refractivity contribution in [3.8, 4) is 17.1 Å². The molecule has 8 rings (SSSR count). The van der Waals surface area contributed by atoms with Crippen molar-refractivity contribution in [2.75, 3.05) is 55.8 Å². The van der Waals surface area contributed by atoms with Gasteiger partial charge < -0.3 is 30.4 Å². The third-order valence-electron chi connectivity index (χ3n) is 10.0. The van der Waals surface area contributed by atoms with E-state index in [0.29, 0.717) is 82.4 Å².